The van der Waals surface area contributed by atoms with Crippen molar-refractivity contribution in [1.29, 1.82) is 0 Å². The molecule has 0 aliphatic heterocycles. The summed E-state index contributed by atoms with van der Waals surface area (Å²) in [7, 11) is 3.46. The van der Waals surface area contributed by atoms with E-state index in [-0.39, 0.29) is 11.9 Å². The number of carbonyl (C=O) groups is 2. The highest BCUT2D eigenvalue weighted by Crippen LogP contribution is 2.22. The number of amides is 1. The molecule has 0 aromatic heterocycles. The van der Waals surface area contributed by atoms with E-state index in [4.69, 9.17) is 0 Å². The minimum atomic E-state index is -0.00337. The molecule has 1 aliphatic rings. The zero-order valence-corrected chi connectivity index (χ0v) is 19.7. The molecule has 0 spiro atoms. The van der Waals surface area contributed by atoms with E-state index in [1.807, 2.05) is 42.6 Å². The summed E-state index contributed by atoms with van der Waals surface area (Å²) in [6.45, 7) is 5.86. The summed E-state index contributed by atoms with van der Waals surface area (Å²) in [6.07, 6.45) is 19.6. The molecule has 172 valence electrons. The summed E-state index contributed by atoms with van der Waals surface area (Å²) in [4.78, 5) is 32.1. The Balaban J connectivity index is 0.000000433. The van der Waals surface area contributed by atoms with Crippen molar-refractivity contribution in [3.63, 3.8) is 0 Å². The van der Waals surface area contributed by atoms with Gasteiger partial charge in [-0.25, -0.2) is 0 Å². The Morgan fingerprint density at radius 3 is 2.44 bits per heavy atom. The standard InChI is InChI=1S/C19H24N2O.C8H13NO/c1-3-16-9-7-8-10-17(16)13-14-19(22)21(15-20-2)18-11-5-4-6-12-18;1-8(7-9-2)5-3-4-6-10/h3,7-10,13-15,18H,1,4-6,11-12H2,2H3;3-4,6-8H,5H2,1-2H3/b14-13+,20-15?;4-3+,9-7?. The number of carbonyl (C=O) groups excluding carboxylic acids is 2. The molecule has 2 rings (SSSR count). The van der Waals surface area contributed by atoms with Crippen molar-refractivity contribution in [2.75, 3.05) is 14.1 Å². The molecule has 1 saturated carbocycles. The Bertz CT molecular complexity index is 818. The molecular formula is C27H37N3O2. The molecule has 5 nitrogen and oxygen atoms in total. The van der Waals surface area contributed by atoms with Crippen LogP contribution in [0.25, 0.3) is 12.2 Å². The minimum Gasteiger partial charge on any atom is -0.301 e. The Morgan fingerprint density at radius 2 is 1.84 bits per heavy atom. The van der Waals surface area contributed by atoms with Crippen LogP contribution in [0.15, 0.2) is 59.1 Å². The fraction of sp³-hybridized carbons (Fsp3) is 0.407. The number of hydrogen-bond acceptors (Lipinski definition) is 4. The quantitative estimate of drug-likeness (QED) is 0.218. The Hall–Kier alpha value is -3.08. The predicted molar refractivity (Wildman–Crippen MR) is 137 cm³/mol. The van der Waals surface area contributed by atoms with E-state index < -0.39 is 0 Å². The highest BCUT2D eigenvalue weighted by Gasteiger charge is 2.22. The molecule has 0 saturated heterocycles. The summed E-state index contributed by atoms with van der Waals surface area (Å²) in [5, 5.41) is 0. The lowest BCUT2D eigenvalue weighted by molar-refractivity contribution is -0.124. The largest absolute Gasteiger partial charge is 0.301 e. The van der Waals surface area contributed by atoms with Crippen molar-refractivity contribution in [3.8, 4) is 0 Å². The van der Waals surface area contributed by atoms with E-state index in [2.05, 4.69) is 23.5 Å². The van der Waals surface area contributed by atoms with Crippen LogP contribution in [0.3, 0.4) is 0 Å². The second-order valence-corrected chi connectivity index (χ2v) is 7.76. The third-order valence-corrected chi connectivity index (χ3v) is 5.21. The molecule has 1 fully saturated rings. The van der Waals surface area contributed by atoms with Crippen molar-refractivity contribution >= 4 is 36.9 Å². The Labute approximate surface area is 193 Å². The highest BCUT2D eigenvalue weighted by atomic mass is 16.2. The molecule has 0 radical (unpaired) electrons. The van der Waals surface area contributed by atoms with Crippen molar-refractivity contribution in [2.45, 2.75) is 51.5 Å². The molecule has 0 N–H and O–H groups in total. The summed E-state index contributed by atoms with van der Waals surface area (Å²) >= 11 is 0. The summed E-state index contributed by atoms with van der Waals surface area (Å²) in [5.74, 6) is 0.428. The molecule has 1 aromatic carbocycles. The molecule has 0 heterocycles. The molecule has 5 heteroatoms. The van der Waals surface area contributed by atoms with Crippen LogP contribution in [0, 0.1) is 5.92 Å². The maximum atomic E-state index is 12.5. The number of aldehydes is 1. The van der Waals surface area contributed by atoms with Gasteiger partial charge >= 0.3 is 0 Å². The molecule has 1 aliphatic carbocycles. The third-order valence-electron chi connectivity index (χ3n) is 5.21. The Kier molecular flexibility index (Phi) is 14.0. The van der Waals surface area contributed by atoms with Gasteiger partial charge < -0.3 is 4.99 Å². The van der Waals surface area contributed by atoms with Crippen molar-refractivity contribution in [1.82, 2.24) is 4.90 Å². The molecule has 1 unspecified atom stereocenters. The lowest BCUT2D eigenvalue weighted by Gasteiger charge is -2.30. The van der Waals surface area contributed by atoms with Gasteiger partial charge in [-0.05, 0) is 48.5 Å². The van der Waals surface area contributed by atoms with E-state index in [1.165, 1.54) is 25.3 Å². The zero-order valence-electron chi connectivity index (χ0n) is 19.7. The topological polar surface area (TPSA) is 62.1 Å². The third kappa shape index (κ3) is 10.3. The van der Waals surface area contributed by atoms with Gasteiger partial charge in [-0.2, -0.15) is 0 Å². The molecule has 1 aromatic rings. The molecule has 32 heavy (non-hydrogen) atoms. The molecular weight excluding hydrogens is 398 g/mol. The van der Waals surface area contributed by atoms with E-state index >= 15 is 0 Å². The monoisotopic (exact) mass is 435 g/mol. The minimum absolute atomic E-state index is 0.00337. The van der Waals surface area contributed by atoms with Crippen molar-refractivity contribution < 1.29 is 9.59 Å². The van der Waals surface area contributed by atoms with E-state index in [1.54, 1.807) is 37.5 Å². The SMILES string of the molecule is C=Cc1ccccc1/C=C/C(=O)N(C=NC)C1CCCCC1.CN=CC(C)C/C=C/C=O. The van der Waals surface area contributed by atoms with E-state index in [0.29, 0.717) is 5.92 Å². The van der Waals surface area contributed by atoms with Gasteiger partial charge in [0, 0.05) is 32.4 Å². The fourth-order valence-corrected chi connectivity index (χ4v) is 3.57. The van der Waals surface area contributed by atoms with Crippen LogP contribution in [0.5, 0.6) is 0 Å². The first-order valence-corrected chi connectivity index (χ1v) is 11.2. The van der Waals surface area contributed by atoms with Gasteiger partial charge in [0.2, 0.25) is 0 Å². The lowest BCUT2D eigenvalue weighted by atomic mass is 9.94. The number of rotatable bonds is 9. The van der Waals surface area contributed by atoms with Crippen LogP contribution in [0.1, 0.15) is 56.6 Å². The highest BCUT2D eigenvalue weighted by molar-refractivity contribution is 5.99. The molecule has 0 bridgehead atoms. The summed E-state index contributed by atoms with van der Waals surface area (Å²) in [6, 6.07) is 8.19. The van der Waals surface area contributed by atoms with E-state index in [0.717, 1.165) is 36.7 Å². The smallest absolute Gasteiger partial charge is 0.251 e. The maximum Gasteiger partial charge on any atom is 0.251 e. The maximum absolute atomic E-state index is 12.5. The number of hydrogen-bond donors (Lipinski definition) is 0. The average molecular weight is 436 g/mol. The van der Waals surface area contributed by atoms with Gasteiger partial charge in [0.1, 0.15) is 6.29 Å². The second kappa shape index (κ2) is 16.6. The van der Waals surface area contributed by atoms with Gasteiger partial charge in [-0.1, -0.05) is 69.2 Å². The van der Waals surface area contributed by atoms with Crippen LogP contribution in [0.4, 0.5) is 0 Å². The Morgan fingerprint density at radius 1 is 1.16 bits per heavy atom. The van der Waals surface area contributed by atoms with Gasteiger partial charge in [0.25, 0.3) is 5.91 Å². The normalized spacial score (nSPS) is 15.7. The summed E-state index contributed by atoms with van der Waals surface area (Å²) < 4.78 is 0. The lowest BCUT2D eigenvalue weighted by Crippen LogP contribution is -2.39. The molecule has 1 amide bonds. The summed E-state index contributed by atoms with van der Waals surface area (Å²) in [5.41, 5.74) is 2.03. The van der Waals surface area contributed by atoms with Gasteiger partial charge in [0.05, 0.1) is 6.34 Å². The van der Waals surface area contributed by atoms with Gasteiger partial charge in [-0.15, -0.1) is 0 Å². The van der Waals surface area contributed by atoms with Crippen LogP contribution in [-0.2, 0) is 9.59 Å². The molecule has 1 atom stereocenters. The van der Waals surface area contributed by atoms with Gasteiger partial charge in [-0.3, -0.25) is 19.5 Å². The number of aliphatic imine (C=N–C) groups is 2. The first-order chi connectivity index (χ1) is 15.6. The zero-order chi connectivity index (χ0) is 23.6. The van der Waals surface area contributed by atoms with Crippen LogP contribution in [-0.4, -0.2) is 49.8 Å². The van der Waals surface area contributed by atoms with Crippen molar-refractivity contribution in [2.24, 2.45) is 15.9 Å². The first-order valence-electron chi connectivity index (χ1n) is 11.2. The van der Waals surface area contributed by atoms with Crippen LogP contribution >= 0.6 is 0 Å². The fourth-order valence-electron chi connectivity index (χ4n) is 3.57. The van der Waals surface area contributed by atoms with Crippen molar-refractivity contribution in [3.05, 3.63) is 60.2 Å². The predicted octanol–water partition coefficient (Wildman–Crippen LogP) is 5.63. The van der Waals surface area contributed by atoms with Gasteiger partial charge in [0.15, 0.2) is 0 Å². The van der Waals surface area contributed by atoms with Crippen LogP contribution < -0.4 is 0 Å². The average Bonchev–Trinajstić information content (AvgIpc) is 2.82. The number of nitrogens with zero attached hydrogens (tertiary/aromatic N) is 3. The first kappa shape index (κ1) is 27.0. The van der Waals surface area contributed by atoms with Crippen LogP contribution in [0.2, 0.25) is 0 Å². The van der Waals surface area contributed by atoms with E-state index in [9.17, 15) is 9.59 Å². The number of allylic oxidation sites excluding steroid dienone is 2. The second-order valence-electron chi connectivity index (χ2n) is 7.76. The number of benzene rings is 1.